The molecule has 0 saturated carbocycles. The number of hydrogen-bond acceptors (Lipinski definition) is 3. The summed E-state index contributed by atoms with van der Waals surface area (Å²) < 4.78 is 65.1. The van der Waals surface area contributed by atoms with Crippen molar-refractivity contribution in [2.24, 2.45) is 0 Å². The van der Waals surface area contributed by atoms with E-state index in [0.717, 1.165) is 11.3 Å². The second-order valence-electron chi connectivity index (χ2n) is 3.41. The Morgan fingerprint density at radius 2 is 1.89 bits per heavy atom. The van der Waals surface area contributed by atoms with Gasteiger partial charge >= 0.3 is 0 Å². The minimum Gasteiger partial charge on any atom is -0.276 e. The van der Waals surface area contributed by atoms with Gasteiger partial charge in [0.15, 0.2) is 15.8 Å². The molecule has 0 saturated heterocycles. The van der Waals surface area contributed by atoms with E-state index < -0.39 is 33.2 Å². The Balaban J connectivity index is 2.45. The molecule has 0 spiro atoms. The summed E-state index contributed by atoms with van der Waals surface area (Å²) in [4.78, 5) is 0. The maximum atomic E-state index is 13.4. The first-order valence-corrected chi connectivity index (χ1v) is 7.87. The highest BCUT2D eigenvalue weighted by molar-refractivity contribution is 9.10. The molecule has 9 heteroatoms. The molecule has 0 aliphatic heterocycles. The largest absolute Gasteiger partial charge is 0.276 e. The predicted octanol–water partition coefficient (Wildman–Crippen LogP) is 3.73. The maximum absolute atomic E-state index is 13.4. The molecule has 0 fully saturated rings. The first-order valence-electron chi connectivity index (χ1n) is 4.71. The zero-order valence-electron chi connectivity index (χ0n) is 8.95. The van der Waals surface area contributed by atoms with Crippen molar-refractivity contribution in [3.8, 4) is 0 Å². The summed E-state index contributed by atoms with van der Waals surface area (Å²) in [5.41, 5.74) is -0.780. The Bertz CT molecular complexity index is 730. The fraction of sp³-hybridized carbons (Fsp3) is 0. The van der Waals surface area contributed by atoms with Crippen LogP contribution in [0.2, 0.25) is 0 Å². The van der Waals surface area contributed by atoms with E-state index in [2.05, 4.69) is 15.9 Å². The van der Waals surface area contributed by atoms with Crippen molar-refractivity contribution >= 4 is 43.0 Å². The lowest BCUT2D eigenvalue weighted by molar-refractivity contribution is 0.498. The minimum absolute atomic E-state index is 0.114. The molecule has 2 aromatic rings. The van der Waals surface area contributed by atoms with Gasteiger partial charge in [0.25, 0.3) is 10.0 Å². The lowest BCUT2D eigenvalue weighted by Crippen LogP contribution is -2.14. The second kappa shape index (κ2) is 5.14. The molecular weight excluding hydrogens is 367 g/mol. The average Bonchev–Trinajstić information content (AvgIpc) is 2.72. The summed E-state index contributed by atoms with van der Waals surface area (Å²) in [6.07, 6.45) is 0. The number of thiophene rings is 1. The molecule has 0 aliphatic carbocycles. The molecule has 0 bridgehead atoms. The molecule has 0 aliphatic rings. The van der Waals surface area contributed by atoms with Crippen LogP contribution in [0.15, 0.2) is 32.3 Å². The summed E-state index contributed by atoms with van der Waals surface area (Å²) in [6.45, 7) is 0. The van der Waals surface area contributed by atoms with Crippen LogP contribution in [-0.2, 0) is 10.0 Å². The molecule has 2 rings (SSSR count). The van der Waals surface area contributed by atoms with E-state index in [1.807, 2.05) is 4.72 Å². The highest BCUT2D eigenvalue weighted by Crippen LogP contribution is 2.30. The molecular formula is C10H5BrF3NO2S2. The van der Waals surface area contributed by atoms with Gasteiger partial charge in [-0.15, -0.1) is 11.3 Å². The van der Waals surface area contributed by atoms with Crippen LogP contribution in [-0.4, -0.2) is 8.42 Å². The van der Waals surface area contributed by atoms with Crippen LogP contribution in [0.3, 0.4) is 0 Å². The third kappa shape index (κ3) is 2.93. The molecule has 0 atom stereocenters. The van der Waals surface area contributed by atoms with Gasteiger partial charge in [0.1, 0.15) is 5.82 Å². The summed E-state index contributed by atoms with van der Waals surface area (Å²) in [6, 6.07) is 2.38. The first-order chi connectivity index (χ1) is 8.81. The smallest absolute Gasteiger partial charge is 0.272 e. The fourth-order valence-electron chi connectivity index (χ4n) is 1.29. The molecule has 1 heterocycles. The molecule has 0 unspecified atom stereocenters. The van der Waals surface area contributed by atoms with Crippen LogP contribution < -0.4 is 4.72 Å². The molecule has 102 valence electrons. The number of rotatable bonds is 3. The highest BCUT2D eigenvalue weighted by Gasteiger charge is 2.22. The second-order valence-corrected chi connectivity index (χ2v) is 7.06. The summed E-state index contributed by atoms with van der Waals surface area (Å²) in [7, 11) is -4.11. The van der Waals surface area contributed by atoms with E-state index in [0.29, 0.717) is 12.1 Å². The standard InChI is InChI=1S/C10H5BrF3NO2S2/c11-6-1-2-18-10(6)19(16,17)15-8-4-5(12)3-7(13)9(8)14/h1-4,15H. The minimum atomic E-state index is -4.11. The monoisotopic (exact) mass is 371 g/mol. The average molecular weight is 372 g/mol. The number of halogens is 4. The van der Waals surface area contributed by atoms with E-state index in [-0.39, 0.29) is 8.68 Å². The van der Waals surface area contributed by atoms with Gasteiger partial charge in [0.05, 0.1) is 5.69 Å². The molecule has 19 heavy (non-hydrogen) atoms. The van der Waals surface area contributed by atoms with Gasteiger partial charge in [0, 0.05) is 16.6 Å². The molecule has 0 amide bonds. The van der Waals surface area contributed by atoms with Crippen molar-refractivity contribution in [2.75, 3.05) is 4.72 Å². The normalized spacial score (nSPS) is 11.6. The number of anilines is 1. The lowest BCUT2D eigenvalue weighted by atomic mass is 10.3. The summed E-state index contributed by atoms with van der Waals surface area (Å²) >= 11 is 3.89. The number of hydrogen-bond donors (Lipinski definition) is 1. The summed E-state index contributed by atoms with van der Waals surface area (Å²) in [5, 5.41) is 1.50. The highest BCUT2D eigenvalue weighted by atomic mass is 79.9. The number of nitrogens with one attached hydrogen (secondary N) is 1. The third-order valence-corrected chi connectivity index (χ3v) is 6.10. The predicted molar refractivity (Wildman–Crippen MR) is 69.1 cm³/mol. The Morgan fingerprint density at radius 1 is 1.21 bits per heavy atom. The third-order valence-electron chi connectivity index (χ3n) is 2.07. The van der Waals surface area contributed by atoms with Crippen LogP contribution in [0, 0.1) is 17.5 Å². The van der Waals surface area contributed by atoms with E-state index in [1.165, 1.54) is 11.4 Å². The van der Waals surface area contributed by atoms with Crippen molar-refractivity contribution < 1.29 is 21.6 Å². The van der Waals surface area contributed by atoms with Crippen molar-refractivity contribution in [1.82, 2.24) is 0 Å². The van der Waals surface area contributed by atoms with Crippen molar-refractivity contribution in [1.29, 1.82) is 0 Å². The van der Waals surface area contributed by atoms with Crippen LogP contribution >= 0.6 is 27.3 Å². The van der Waals surface area contributed by atoms with Crippen molar-refractivity contribution in [3.05, 3.63) is 45.5 Å². The van der Waals surface area contributed by atoms with Gasteiger partial charge < -0.3 is 0 Å². The number of benzene rings is 1. The van der Waals surface area contributed by atoms with E-state index >= 15 is 0 Å². The SMILES string of the molecule is O=S(=O)(Nc1cc(F)cc(F)c1F)c1sccc1Br. The topological polar surface area (TPSA) is 46.2 Å². The molecule has 1 aromatic heterocycles. The Hall–Kier alpha value is -1.06. The van der Waals surface area contributed by atoms with Gasteiger partial charge in [-0.2, -0.15) is 0 Å². The molecule has 1 aromatic carbocycles. The van der Waals surface area contributed by atoms with E-state index in [4.69, 9.17) is 0 Å². The van der Waals surface area contributed by atoms with Crippen molar-refractivity contribution in [3.63, 3.8) is 0 Å². The van der Waals surface area contributed by atoms with Gasteiger partial charge in [-0.05, 0) is 27.4 Å². The molecule has 1 N–H and O–H groups in total. The van der Waals surface area contributed by atoms with Gasteiger partial charge in [-0.3, -0.25) is 4.72 Å². The molecule has 0 radical (unpaired) electrons. The lowest BCUT2D eigenvalue weighted by Gasteiger charge is -2.08. The zero-order chi connectivity index (χ0) is 14.2. The van der Waals surface area contributed by atoms with E-state index in [1.54, 1.807) is 0 Å². The van der Waals surface area contributed by atoms with Gasteiger partial charge in [-0.1, -0.05) is 0 Å². The Morgan fingerprint density at radius 3 is 2.47 bits per heavy atom. The summed E-state index contributed by atoms with van der Waals surface area (Å²) in [5.74, 6) is -4.01. The van der Waals surface area contributed by atoms with Crippen molar-refractivity contribution in [2.45, 2.75) is 4.21 Å². The van der Waals surface area contributed by atoms with Gasteiger partial charge in [0.2, 0.25) is 0 Å². The van der Waals surface area contributed by atoms with Gasteiger partial charge in [-0.25, -0.2) is 21.6 Å². The number of sulfonamides is 1. The van der Waals surface area contributed by atoms with Crippen LogP contribution in [0.5, 0.6) is 0 Å². The fourth-order valence-corrected chi connectivity index (χ4v) is 4.68. The molecule has 3 nitrogen and oxygen atoms in total. The van der Waals surface area contributed by atoms with Crippen LogP contribution in [0.4, 0.5) is 18.9 Å². The maximum Gasteiger partial charge on any atom is 0.272 e. The Labute approximate surface area is 119 Å². The van der Waals surface area contributed by atoms with Crippen LogP contribution in [0.25, 0.3) is 0 Å². The van der Waals surface area contributed by atoms with Crippen LogP contribution in [0.1, 0.15) is 0 Å². The van der Waals surface area contributed by atoms with E-state index in [9.17, 15) is 21.6 Å². The first kappa shape index (κ1) is 14.4. The Kier molecular flexibility index (Phi) is 3.88. The zero-order valence-corrected chi connectivity index (χ0v) is 12.2. The quantitative estimate of drug-likeness (QED) is 0.835.